The predicted molar refractivity (Wildman–Crippen MR) is 54.4 cm³/mol. The lowest BCUT2D eigenvalue weighted by molar-refractivity contribution is -0.157. The molecule has 1 rings (SSSR count). The minimum atomic E-state index is -1.40. The molecule has 0 aliphatic rings. The molecule has 1 aromatic carbocycles. The molecule has 0 aromatic heterocycles. The first kappa shape index (κ1) is 12.0. The predicted octanol–water partition coefficient (Wildman–Crippen LogP) is 0.907. The Labute approximate surface area is 92.1 Å². The van der Waals surface area contributed by atoms with E-state index < -0.39 is 12.2 Å². The lowest BCUT2D eigenvalue weighted by Crippen LogP contribution is -2.24. The van der Waals surface area contributed by atoms with Gasteiger partial charge < -0.3 is 14.9 Å². The summed E-state index contributed by atoms with van der Waals surface area (Å²) < 4.78 is 4.36. The molecular formula is C10H11ClO4. The Hall–Kier alpha value is -1.10. The topological polar surface area (TPSA) is 66.8 Å². The van der Waals surface area contributed by atoms with Gasteiger partial charge in [0.2, 0.25) is 6.29 Å². The molecule has 15 heavy (non-hydrogen) atoms. The molecule has 0 fully saturated rings. The first-order valence-electron chi connectivity index (χ1n) is 4.33. The van der Waals surface area contributed by atoms with Gasteiger partial charge in [0.15, 0.2) is 0 Å². The van der Waals surface area contributed by atoms with Crippen LogP contribution >= 0.6 is 11.6 Å². The normalized spacial score (nSPS) is 14.3. The van der Waals surface area contributed by atoms with Crippen molar-refractivity contribution in [2.45, 2.75) is 12.2 Å². The second kappa shape index (κ2) is 5.70. The molecule has 5 heteroatoms. The summed E-state index contributed by atoms with van der Waals surface area (Å²) in [6.45, 7) is -0.233. The van der Waals surface area contributed by atoms with Crippen molar-refractivity contribution < 1.29 is 19.7 Å². The largest absolute Gasteiger partial charge is 0.437 e. The molecule has 0 heterocycles. The van der Waals surface area contributed by atoms with Crippen molar-refractivity contribution in [3.8, 4) is 0 Å². The van der Waals surface area contributed by atoms with Crippen LogP contribution in [0.4, 0.5) is 0 Å². The molecule has 0 spiro atoms. The summed E-state index contributed by atoms with van der Waals surface area (Å²) >= 11 is 5.88. The number of carbonyl (C=O) groups excluding carboxylic acids is 1. The van der Waals surface area contributed by atoms with E-state index in [1.54, 1.807) is 24.3 Å². The number of benzene rings is 1. The summed E-state index contributed by atoms with van der Waals surface area (Å²) in [5.74, 6) is -0.733. The molecular weight excluding hydrogens is 220 g/mol. The molecule has 0 amide bonds. The van der Waals surface area contributed by atoms with E-state index >= 15 is 0 Å². The second-order valence-corrected chi connectivity index (χ2v) is 3.34. The van der Waals surface area contributed by atoms with Gasteiger partial charge in [0.05, 0.1) is 12.5 Å². The summed E-state index contributed by atoms with van der Waals surface area (Å²) in [6.07, 6.45) is -1.40. The van der Waals surface area contributed by atoms with Crippen LogP contribution in [0.3, 0.4) is 0 Å². The Morgan fingerprint density at radius 3 is 2.67 bits per heavy atom. The van der Waals surface area contributed by atoms with E-state index in [-0.39, 0.29) is 13.1 Å². The summed E-state index contributed by atoms with van der Waals surface area (Å²) in [5.41, 5.74) is 0.538. The smallest absolute Gasteiger partial charge is 0.295 e. The van der Waals surface area contributed by atoms with Crippen LogP contribution in [0, 0.1) is 0 Å². The lowest BCUT2D eigenvalue weighted by Gasteiger charge is -2.20. The van der Waals surface area contributed by atoms with Crippen LogP contribution in [-0.2, 0) is 9.53 Å². The van der Waals surface area contributed by atoms with E-state index in [1.165, 1.54) is 0 Å². The average Bonchev–Trinajstić information content (AvgIpc) is 2.22. The molecule has 0 radical (unpaired) electrons. The van der Waals surface area contributed by atoms with Gasteiger partial charge in [-0.1, -0.05) is 29.8 Å². The minimum absolute atomic E-state index is 0.129. The SMILES string of the molecule is O=COC(O)C(CO)c1ccccc1Cl. The molecule has 4 nitrogen and oxygen atoms in total. The van der Waals surface area contributed by atoms with E-state index in [4.69, 9.17) is 16.7 Å². The number of halogens is 1. The number of hydrogen-bond donors (Lipinski definition) is 2. The molecule has 82 valence electrons. The van der Waals surface area contributed by atoms with Gasteiger partial charge in [0, 0.05) is 5.02 Å². The zero-order valence-electron chi connectivity index (χ0n) is 7.84. The highest BCUT2D eigenvalue weighted by Gasteiger charge is 2.23. The minimum Gasteiger partial charge on any atom is -0.437 e. The Bertz CT molecular complexity index is 329. The van der Waals surface area contributed by atoms with Gasteiger partial charge in [-0.2, -0.15) is 0 Å². The van der Waals surface area contributed by atoms with Crippen molar-refractivity contribution in [3.05, 3.63) is 34.9 Å². The first-order valence-corrected chi connectivity index (χ1v) is 4.71. The van der Waals surface area contributed by atoms with Crippen LogP contribution in [-0.4, -0.2) is 29.6 Å². The number of aliphatic hydroxyl groups is 2. The maximum absolute atomic E-state index is 10.1. The fourth-order valence-electron chi connectivity index (χ4n) is 1.27. The van der Waals surface area contributed by atoms with Gasteiger partial charge >= 0.3 is 0 Å². The lowest BCUT2D eigenvalue weighted by atomic mass is 9.99. The van der Waals surface area contributed by atoms with Crippen molar-refractivity contribution in [2.75, 3.05) is 6.61 Å². The zero-order chi connectivity index (χ0) is 11.3. The van der Waals surface area contributed by atoms with Crippen molar-refractivity contribution >= 4 is 18.1 Å². The summed E-state index contributed by atoms with van der Waals surface area (Å²) in [4.78, 5) is 10.1. The summed E-state index contributed by atoms with van der Waals surface area (Å²) in [5, 5.41) is 18.9. The van der Waals surface area contributed by atoms with Crippen LogP contribution < -0.4 is 0 Å². The van der Waals surface area contributed by atoms with E-state index in [0.29, 0.717) is 10.6 Å². The van der Waals surface area contributed by atoms with E-state index in [2.05, 4.69) is 4.74 Å². The quantitative estimate of drug-likeness (QED) is 0.583. The van der Waals surface area contributed by atoms with Gasteiger partial charge in [-0.25, -0.2) is 0 Å². The first-order chi connectivity index (χ1) is 7.20. The Balaban J connectivity index is 2.91. The molecule has 2 atom stereocenters. The maximum atomic E-state index is 10.1. The second-order valence-electron chi connectivity index (χ2n) is 2.93. The van der Waals surface area contributed by atoms with Gasteiger partial charge in [0.1, 0.15) is 0 Å². The molecule has 1 aromatic rings. The molecule has 0 saturated carbocycles. The fraction of sp³-hybridized carbons (Fsp3) is 0.300. The third-order valence-corrected chi connectivity index (χ3v) is 2.38. The Kier molecular flexibility index (Phi) is 4.55. The van der Waals surface area contributed by atoms with E-state index in [0.717, 1.165) is 0 Å². The molecule has 0 aliphatic carbocycles. The number of rotatable bonds is 5. The van der Waals surface area contributed by atoms with Crippen molar-refractivity contribution in [2.24, 2.45) is 0 Å². The maximum Gasteiger partial charge on any atom is 0.295 e. The standard InChI is InChI=1S/C10H11ClO4/c11-9-4-2-1-3-7(9)8(5-12)10(14)15-6-13/h1-4,6,8,10,12,14H,5H2. The number of aliphatic hydroxyl groups excluding tert-OH is 2. The van der Waals surface area contributed by atoms with Crippen molar-refractivity contribution in [1.29, 1.82) is 0 Å². The van der Waals surface area contributed by atoms with Crippen LogP contribution in [0.5, 0.6) is 0 Å². The van der Waals surface area contributed by atoms with Crippen LogP contribution in [0.15, 0.2) is 24.3 Å². The summed E-state index contributed by atoms with van der Waals surface area (Å²) in [7, 11) is 0. The summed E-state index contributed by atoms with van der Waals surface area (Å²) in [6, 6.07) is 6.73. The molecule has 0 bridgehead atoms. The molecule has 2 N–H and O–H groups in total. The fourth-order valence-corrected chi connectivity index (χ4v) is 1.55. The highest BCUT2D eigenvalue weighted by atomic mass is 35.5. The highest BCUT2D eigenvalue weighted by Crippen LogP contribution is 2.26. The molecule has 2 unspecified atom stereocenters. The van der Waals surface area contributed by atoms with Gasteiger partial charge in [-0.3, -0.25) is 4.79 Å². The molecule has 0 saturated heterocycles. The van der Waals surface area contributed by atoms with Crippen LogP contribution in [0.2, 0.25) is 5.02 Å². The van der Waals surface area contributed by atoms with E-state index in [1.807, 2.05) is 0 Å². The van der Waals surface area contributed by atoms with Crippen molar-refractivity contribution in [1.82, 2.24) is 0 Å². The third kappa shape index (κ3) is 2.92. The Morgan fingerprint density at radius 2 is 2.13 bits per heavy atom. The van der Waals surface area contributed by atoms with Crippen LogP contribution in [0.1, 0.15) is 11.5 Å². The monoisotopic (exact) mass is 230 g/mol. The zero-order valence-corrected chi connectivity index (χ0v) is 8.59. The average molecular weight is 231 g/mol. The van der Waals surface area contributed by atoms with Crippen LogP contribution in [0.25, 0.3) is 0 Å². The number of hydrogen-bond acceptors (Lipinski definition) is 4. The molecule has 0 aliphatic heterocycles. The van der Waals surface area contributed by atoms with Gasteiger partial charge in [-0.15, -0.1) is 0 Å². The third-order valence-electron chi connectivity index (χ3n) is 2.04. The number of carbonyl (C=O) groups is 1. The van der Waals surface area contributed by atoms with Crippen molar-refractivity contribution in [3.63, 3.8) is 0 Å². The van der Waals surface area contributed by atoms with E-state index in [9.17, 15) is 9.90 Å². The number of ether oxygens (including phenoxy) is 1. The van der Waals surface area contributed by atoms with Gasteiger partial charge in [0.25, 0.3) is 6.47 Å². The Morgan fingerprint density at radius 1 is 1.47 bits per heavy atom. The van der Waals surface area contributed by atoms with Gasteiger partial charge in [-0.05, 0) is 11.6 Å². The highest BCUT2D eigenvalue weighted by molar-refractivity contribution is 6.31.